The van der Waals surface area contributed by atoms with Crippen LogP contribution in [-0.2, 0) is 4.74 Å². The van der Waals surface area contributed by atoms with E-state index in [1.165, 1.54) is 0 Å². The van der Waals surface area contributed by atoms with Crippen molar-refractivity contribution < 1.29 is 9.84 Å². The third-order valence-corrected chi connectivity index (χ3v) is 5.50. The Morgan fingerprint density at radius 2 is 2.08 bits per heavy atom. The molecule has 4 atom stereocenters. The molecule has 0 spiro atoms. The van der Waals surface area contributed by atoms with Gasteiger partial charge >= 0.3 is 0 Å². The predicted molar refractivity (Wildman–Crippen MR) is 98.2 cm³/mol. The van der Waals surface area contributed by atoms with Crippen molar-refractivity contribution in [2.24, 2.45) is 0 Å². The van der Waals surface area contributed by atoms with Crippen LogP contribution in [0.25, 0.3) is 5.57 Å². The Morgan fingerprint density at radius 3 is 2.71 bits per heavy atom. The Kier molecular flexibility index (Phi) is 4.65. The van der Waals surface area contributed by atoms with Crippen molar-refractivity contribution in [1.29, 1.82) is 0 Å². The summed E-state index contributed by atoms with van der Waals surface area (Å²) >= 11 is 0. The van der Waals surface area contributed by atoms with Crippen LogP contribution in [0, 0.1) is 18.4 Å². The number of aromatic nitrogens is 2. The number of aliphatic hydroxyl groups excluding tert-OH is 1. The fraction of sp³-hybridized carbons (Fsp3) is 0.579. The first-order valence-electron chi connectivity index (χ1n) is 8.70. The molecule has 0 bridgehead atoms. The molecule has 1 saturated heterocycles. The number of aryl methyl sites for hydroxylation is 1. The number of rotatable bonds is 2. The largest absolute Gasteiger partial charge is 0.390 e. The summed E-state index contributed by atoms with van der Waals surface area (Å²) in [5.74, 6) is 3.44. The monoisotopic (exact) mass is 342 g/mol. The molecule has 2 unspecified atom stereocenters. The van der Waals surface area contributed by atoms with Crippen molar-refractivity contribution >= 4 is 13.6 Å². The Hall–Kier alpha value is -1.48. The second-order valence-electron chi connectivity index (χ2n) is 7.75. The molecule has 2 aliphatic rings. The fourth-order valence-corrected chi connectivity index (χ4v) is 3.93. The average Bonchev–Trinajstić information content (AvgIpc) is 3.05. The highest BCUT2D eigenvalue weighted by Gasteiger charge is 2.41. The number of hydrogen-bond acceptors (Lipinski definition) is 4. The molecule has 1 fully saturated rings. The molecule has 128 valence electrons. The smallest absolute Gasteiger partial charge is 0.129 e. The molecule has 1 N–H and O–H groups in total. The van der Waals surface area contributed by atoms with Gasteiger partial charge in [-0.1, -0.05) is 38.6 Å². The van der Waals surface area contributed by atoms with Gasteiger partial charge in [0.2, 0.25) is 0 Å². The minimum absolute atomic E-state index is 0.0378. The van der Waals surface area contributed by atoms with Gasteiger partial charge in [-0.15, -0.1) is 5.54 Å². The molecule has 1 aliphatic carbocycles. The zero-order valence-electron chi connectivity index (χ0n) is 15.1. The van der Waals surface area contributed by atoms with E-state index in [4.69, 9.17) is 4.74 Å². The van der Waals surface area contributed by atoms with E-state index in [0.717, 1.165) is 28.9 Å². The number of nitrogens with zero attached hydrogens (tertiary/aromatic N) is 2. The van der Waals surface area contributed by atoms with Gasteiger partial charge in [0.05, 0.1) is 24.0 Å². The van der Waals surface area contributed by atoms with Gasteiger partial charge in [0.15, 0.2) is 0 Å². The van der Waals surface area contributed by atoms with E-state index >= 15 is 0 Å². The molecule has 0 amide bonds. The third kappa shape index (κ3) is 3.32. The molecule has 1 aromatic rings. The van der Waals surface area contributed by atoms with Crippen LogP contribution in [0.4, 0.5) is 0 Å². The van der Waals surface area contributed by atoms with E-state index in [-0.39, 0.29) is 18.1 Å². The summed E-state index contributed by atoms with van der Waals surface area (Å²) in [4.78, 5) is 8.89. The van der Waals surface area contributed by atoms with E-state index < -0.39 is 14.2 Å². The van der Waals surface area contributed by atoms with Gasteiger partial charge in [0, 0.05) is 29.2 Å². The number of aliphatic hydroxyl groups is 1. The maximum Gasteiger partial charge on any atom is 0.129 e. The maximum absolute atomic E-state index is 10.2. The molecule has 0 saturated carbocycles. The lowest BCUT2D eigenvalue weighted by molar-refractivity contribution is 0.00398. The van der Waals surface area contributed by atoms with Crippen LogP contribution >= 0.6 is 0 Å². The van der Waals surface area contributed by atoms with Crippen molar-refractivity contribution in [3.63, 3.8) is 0 Å². The molecule has 24 heavy (non-hydrogen) atoms. The molecule has 5 heteroatoms. The topological polar surface area (TPSA) is 55.2 Å². The summed E-state index contributed by atoms with van der Waals surface area (Å²) in [5.41, 5.74) is 7.49. The third-order valence-electron chi connectivity index (χ3n) is 4.63. The van der Waals surface area contributed by atoms with Crippen LogP contribution in [0.2, 0.25) is 19.6 Å². The minimum Gasteiger partial charge on any atom is -0.390 e. The maximum atomic E-state index is 10.2. The second-order valence-corrected chi connectivity index (χ2v) is 12.5. The summed E-state index contributed by atoms with van der Waals surface area (Å²) in [6, 6.07) is 0. The van der Waals surface area contributed by atoms with Crippen LogP contribution in [0.15, 0.2) is 12.4 Å². The van der Waals surface area contributed by atoms with Gasteiger partial charge in [0.1, 0.15) is 14.4 Å². The lowest BCUT2D eigenvalue weighted by Gasteiger charge is -2.18. The number of fused-ring (bicyclic) bond motifs is 1. The van der Waals surface area contributed by atoms with Crippen LogP contribution in [0.5, 0.6) is 0 Å². The van der Waals surface area contributed by atoms with Crippen LogP contribution in [-0.4, -0.2) is 41.5 Å². The summed E-state index contributed by atoms with van der Waals surface area (Å²) < 4.78 is 6.10. The molecule has 1 aliphatic heterocycles. The standard InChI is InChI=1S/C19H26N2O2Si/c1-6-16-15(22)10-17(23-16)14-9-13(7-8-24(3,4)5)18-12(2)20-11-21-19(14)18/h9,11,14-17,22H,6,10H2,1-5H3/t14?,15?,16-,17-/m1/s1. The molecule has 4 nitrogen and oxygen atoms in total. The average molecular weight is 343 g/mol. The van der Waals surface area contributed by atoms with Crippen molar-refractivity contribution in [1.82, 2.24) is 9.97 Å². The van der Waals surface area contributed by atoms with Crippen molar-refractivity contribution in [3.05, 3.63) is 29.4 Å². The first kappa shape index (κ1) is 17.3. The number of allylic oxidation sites excluding steroid dienone is 1. The lowest BCUT2D eigenvalue weighted by atomic mass is 9.96. The first-order valence-corrected chi connectivity index (χ1v) is 12.2. The SMILES string of the molecule is CC[C@H]1O[C@@H](C2C=C(C#C[Si](C)(C)C)c3c(C)ncnc32)CC1O. The molecular weight excluding hydrogens is 316 g/mol. The van der Waals surface area contributed by atoms with Gasteiger partial charge < -0.3 is 9.84 Å². The molecule has 1 aromatic heterocycles. The Balaban J connectivity index is 1.98. The van der Waals surface area contributed by atoms with Crippen LogP contribution in [0.3, 0.4) is 0 Å². The van der Waals surface area contributed by atoms with Gasteiger partial charge in [-0.3, -0.25) is 0 Å². The highest BCUT2D eigenvalue weighted by molar-refractivity contribution is 6.84. The van der Waals surface area contributed by atoms with E-state index in [2.05, 4.69) is 47.1 Å². The van der Waals surface area contributed by atoms with Gasteiger partial charge in [-0.25, -0.2) is 9.97 Å². The quantitative estimate of drug-likeness (QED) is 0.663. The molecular formula is C19H26N2O2Si. The van der Waals surface area contributed by atoms with Crippen molar-refractivity contribution in [2.75, 3.05) is 0 Å². The predicted octanol–water partition coefficient (Wildman–Crippen LogP) is 3.07. The molecule has 2 heterocycles. The highest BCUT2D eigenvalue weighted by atomic mass is 28.3. The Labute approximate surface area is 145 Å². The molecule has 3 rings (SSSR count). The fourth-order valence-electron chi connectivity index (χ4n) is 3.42. The van der Waals surface area contributed by atoms with Gasteiger partial charge in [0.25, 0.3) is 0 Å². The summed E-state index contributed by atoms with van der Waals surface area (Å²) in [6.45, 7) is 10.8. The van der Waals surface area contributed by atoms with E-state index in [9.17, 15) is 5.11 Å². The van der Waals surface area contributed by atoms with Crippen molar-refractivity contribution in [2.45, 2.75) is 70.6 Å². The van der Waals surface area contributed by atoms with Gasteiger partial charge in [-0.05, 0) is 13.3 Å². The van der Waals surface area contributed by atoms with Gasteiger partial charge in [-0.2, -0.15) is 0 Å². The van der Waals surface area contributed by atoms with Crippen LogP contribution < -0.4 is 0 Å². The molecule has 0 radical (unpaired) electrons. The van der Waals surface area contributed by atoms with E-state index in [1.807, 2.05) is 13.8 Å². The summed E-state index contributed by atoms with van der Waals surface area (Å²) in [6.07, 6.45) is 4.76. The van der Waals surface area contributed by atoms with E-state index in [0.29, 0.717) is 6.42 Å². The Morgan fingerprint density at radius 1 is 1.33 bits per heavy atom. The minimum atomic E-state index is -1.46. The Bertz CT molecular complexity index is 727. The summed E-state index contributed by atoms with van der Waals surface area (Å²) in [5, 5.41) is 10.2. The van der Waals surface area contributed by atoms with Crippen LogP contribution in [0.1, 0.15) is 42.6 Å². The van der Waals surface area contributed by atoms with E-state index in [1.54, 1.807) is 6.33 Å². The lowest BCUT2D eigenvalue weighted by Crippen LogP contribution is -2.19. The normalized spacial score (nSPS) is 29.0. The highest BCUT2D eigenvalue weighted by Crippen LogP contribution is 2.42. The van der Waals surface area contributed by atoms with Crippen molar-refractivity contribution in [3.8, 4) is 11.5 Å². The zero-order chi connectivity index (χ0) is 17.5. The second kappa shape index (κ2) is 6.44. The first-order chi connectivity index (χ1) is 11.3. The zero-order valence-corrected chi connectivity index (χ0v) is 16.1. The summed E-state index contributed by atoms with van der Waals surface area (Å²) in [7, 11) is -1.46. The number of hydrogen-bond donors (Lipinski definition) is 1. The number of ether oxygens (including phenoxy) is 1. The molecule has 0 aromatic carbocycles.